The summed E-state index contributed by atoms with van der Waals surface area (Å²) in [4.78, 5) is 23.0. The van der Waals surface area contributed by atoms with Gasteiger partial charge in [0.1, 0.15) is 5.82 Å². The highest BCUT2D eigenvalue weighted by atomic mass is 32.2. The van der Waals surface area contributed by atoms with Gasteiger partial charge in [-0.15, -0.1) is 11.8 Å². The smallest absolute Gasteiger partial charge is 0.269 e. The fourth-order valence-electron chi connectivity index (χ4n) is 4.12. The van der Waals surface area contributed by atoms with Crippen LogP contribution in [0.4, 0.5) is 11.5 Å². The third-order valence-electron chi connectivity index (χ3n) is 5.46. The lowest BCUT2D eigenvalue weighted by Crippen LogP contribution is -2.36. The highest BCUT2D eigenvalue weighted by Crippen LogP contribution is 2.45. The molecule has 0 radical (unpaired) electrons. The zero-order valence-corrected chi connectivity index (χ0v) is 17.5. The minimum atomic E-state index is -0.406. The van der Waals surface area contributed by atoms with Crippen LogP contribution in [0.3, 0.4) is 0 Å². The van der Waals surface area contributed by atoms with Crippen molar-refractivity contribution in [1.29, 1.82) is 0 Å². The largest absolute Gasteiger partial charge is 0.375 e. The van der Waals surface area contributed by atoms with Crippen LogP contribution in [0.25, 0.3) is 0 Å². The van der Waals surface area contributed by atoms with Crippen LogP contribution in [-0.4, -0.2) is 38.6 Å². The van der Waals surface area contributed by atoms with Crippen LogP contribution in [0.5, 0.6) is 0 Å². The van der Waals surface area contributed by atoms with Crippen LogP contribution in [0, 0.1) is 17.0 Å². The van der Waals surface area contributed by atoms with Crippen LogP contribution in [0.1, 0.15) is 54.8 Å². The van der Waals surface area contributed by atoms with E-state index in [1.54, 1.807) is 12.1 Å². The number of ether oxygens (including phenoxy) is 1. The summed E-state index contributed by atoms with van der Waals surface area (Å²) in [6.45, 7) is 6.75. The highest BCUT2D eigenvalue weighted by molar-refractivity contribution is 8.00. The summed E-state index contributed by atoms with van der Waals surface area (Å²) < 4.78 is 7.80. The predicted molar refractivity (Wildman–Crippen MR) is 111 cm³/mol. The first kappa shape index (κ1) is 19.9. The molecule has 1 saturated heterocycles. The molecule has 3 heterocycles. The molecular formula is C20H24N4O4S. The van der Waals surface area contributed by atoms with Crippen molar-refractivity contribution in [2.75, 3.05) is 17.7 Å². The van der Waals surface area contributed by atoms with E-state index < -0.39 is 4.92 Å². The Morgan fingerprint density at radius 2 is 2.07 bits per heavy atom. The van der Waals surface area contributed by atoms with Gasteiger partial charge in [0, 0.05) is 24.3 Å². The van der Waals surface area contributed by atoms with Gasteiger partial charge in [0.2, 0.25) is 5.91 Å². The van der Waals surface area contributed by atoms with Crippen molar-refractivity contribution >= 4 is 29.2 Å². The zero-order chi connectivity index (χ0) is 20.8. The van der Waals surface area contributed by atoms with E-state index in [2.05, 4.69) is 19.2 Å². The number of thioether (sulfide) groups is 1. The van der Waals surface area contributed by atoms with E-state index in [4.69, 9.17) is 9.84 Å². The van der Waals surface area contributed by atoms with Crippen molar-refractivity contribution in [3.63, 3.8) is 0 Å². The number of hydrogen-bond acceptors (Lipinski definition) is 6. The topological polar surface area (TPSA) is 99.3 Å². The maximum Gasteiger partial charge on any atom is 0.269 e. The third-order valence-corrected chi connectivity index (χ3v) is 6.73. The van der Waals surface area contributed by atoms with Gasteiger partial charge in [0.15, 0.2) is 0 Å². The first-order valence-corrected chi connectivity index (χ1v) is 10.7. The number of nitrogens with one attached hydrogen (secondary N) is 1. The number of hydrogen-bond donors (Lipinski definition) is 1. The van der Waals surface area contributed by atoms with Crippen LogP contribution in [0.15, 0.2) is 24.3 Å². The second-order valence-corrected chi connectivity index (χ2v) is 9.23. The third kappa shape index (κ3) is 3.89. The molecule has 1 aromatic carbocycles. The molecule has 2 atom stereocenters. The van der Waals surface area contributed by atoms with Crippen molar-refractivity contribution in [3.8, 4) is 0 Å². The Labute approximate surface area is 173 Å². The number of carbonyl (C=O) groups is 1. The molecule has 2 aliphatic rings. The summed E-state index contributed by atoms with van der Waals surface area (Å²) in [5.41, 5.74) is 2.57. The van der Waals surface area contributed by atoms with Gasteiger partial charge in [-0.05, 0) is 39.2 Å². The first-order valence-electron chi connectivity index (χ1n) is 9.64. The van der Waals surface area contributed by atoms with Crippen molar-refractivity contribution in [2.24, 2.45) is 0 Å². The van der Waals surface area contributed by atoms with Gasteiger partial charge in [-0.2, -0.15) is 5.10 Å². The van der Waals surface area contributed by atoms with Crippen molar-refractivity contribution in [1.82, 2.24) is 9.78 Å². The number of amides is 1. The molecule has 1 aromatic heterocycles. The number of nitrogens with zero attached hydrogens (tertiary/aromatic N) is 3. The summed E-state index contributed by atoms with van der Waals surface area (Å²) in [5, 5.41) is 18.7. The van der Waals surface area contributed by atoms with E-state index in [-0.39, 0.29) is 28.5 Å². The number of nitro benzene ring substituents is 1. The predicted octanol–water partition coefficient (Wildman–Crippen LogP) is 4.00. The van der Waals surface area contributed by atoms with E-state index in [1.807, 2.05) is 11.6 Å². The molecule has 29 heavy (non-hydrogen) atoms. The van der Waals surface area contributed by atoms with Gasteiger partial charge in [-0.1, -0.05) is 12.1 Å². The number of anilines is 1. The molecule has 0 saturated carbocycles. The minimum Gasteiger partial charge on any atom is -0.375 e. The summed E-state index contributed by atoms with van der Waals surface area (Å²) in [7, 11) is 0. The second-order valence-electron chi connectivity index (χ2n) is 8.13. The molecule has 4 rings (SSSR count). The SMILES string of the molecule is Cc1nn([C@H]2CCOC(C)(C)C2)c2c1[C@@H](c1ccc([N+](=O)[O-])cc1)SCC(=O)N2. The molecule has 0 aliphatic carbocycles. The standard InChI is InChI=1S/C20H24N4O4S/c1-12-17-18(13-4-6-14(7-5-13)24(26)27)29-11-16(25)21-19(17)23(22-12)15-8-9-28-20(2,3)10-15/h4-7,15,18H,8-11H2,1-3H3,(H,21,25)/t15-,18+/m0/s1. The van der Waals surface area contributed by atoms with Gasteiger partial charge in [0.25, 0.3) is 5.69 Å². The number of non-ortho nitro benzene ring substituents is 1. The molecular weight excluding hydrogens is 392 g/mol. The van der Waals surface area contributed by atoms with Crippen molar-refractivity contribution < 1.29 is 14.5 Å². The average Bonchev–Trinajstić information content (AvgIpc) is 2.87. The lowest BCUT2D eigenvalue weighted by molar-refractivity contribution is -0.384. The van der Waals surface area contributed by atoms with Gasteiger partial charge < -0.3 is 10.1 Å². The fraction of sp³-hybridized carbons (Fsp3) is 0.500. The van der Waals surface area contributed by atoms with E-state index in [0.29, 0.717) is 12.4 Å². The maximum absolute atomic E-state index is 12.5. The van der Waals surface area contributed by atoms with Crippen LogP contribution in [-0.2, 0) is 9.53 Å². The van der Waals surface area contributed by atoms with Crippen molar-refractivity contribution in [2.45, 2.75) is 50.5 Å². The molecule has 0 bridgehead atoms. The first-order chi connectivity index (χ1) is 13.7. The van der Waals surface area contributed by atoms with Gasteiger partial charge in [-0.3, -0.25) is 14.9 Å². The van der Waals surface area contributed by atoms with Gasteiger partial charge in [0.05, 0.1) is 33.3 Å². The Hall–Kier alpha value is -2.39. The molecule has 1 fully saturated rings. The molecule has 0 spiro atoms. The number of nitro groups is 1. The Bertz CT molecular complexity index is 954. The lowest BCUT2D eigenvalue weighted by atomic mass is 9.94. The molecule has 8 nitrogen and oxygen atoms in total. The average molecular weight is 417 g/mol. The Kier molecular flexibility index (Phi) is 5.12. The molecule has 0 unspecified atom stereocenters. The Balaban J connectivity index is 1.76. The monoisotopic (exact) mass is 416 g/mol. The summed E-state index contributed by atoms with van der Waals surface area (Å²) in [6, 6.07) is 6.70. The molecule has 9 heteroatoms. The quantitative estimate of drug-likeness (QED) is 0.600. The maximum atomic E-state index is 12.5. The molecule has 2 aromatic rings. The van der Waals surface area contributed by atoms with Crippen LogP contribution in [0.2, 0.25) is 0 Å². The summed E-state index contributed by atoms with van der Waals surface area (Å²) in [5.74, 6) is 0.992. The van der Waals surface area contributed by atoms with Gasteiger partial charge >= 0.3 is 0 Å². The number of aromatic nitrogens is 2. The van der Waals surface area contributed by atoms with Crippen LogP contribution < -0.4 is 5.32 Å². The molecule has 1 amide bonds. The molecule has 1 N–H and O–H groups in total. The summed E-state index contributed by atoms with van der Waals surface area (Å²) in [6.07, 6.45) is 1.65. The van der Waals surface area contributed by atoms with E-state index in [9.17, 15) is 14.9 Å². The number of fused-ring (bicyclic) bond motifs is 1. The zero-order valence-electron chi connectivity index (χ0n) is 16.7. The molecule has 2 aliphatic heterocycles. The Morgan fingerprint density at radius 3 is 2.72 bits per heavy atom. The summed E-state index contributed by atoms with van der Waals surface area (Å²) >= 11 is 1.52. The highest BCUT2D eigenvalue weighted by Gasteiger charge is 2.36. The van der Waals surface area contributed by atoms with Crippen LogP contribution >= 0.6 is 11.8 Å². The second kappa shape index (κ2) is 7.46. The fourth-order valence-corrected chi connectivity index (χ4v) is 5.30. The number of aryl methyl sites for hydroxylation is 1. The molecule has 154 valence electrons. The lowest BCUT2D eigenvalue weighted by Gasteiger charge is -2.36. The Morgan fingerprint density at radius 1 is 1.34 bits per heavy atom. The minimum absolute atomic E-state index is 0.0543. The normalized spacial score (nSPS) is 23.8. The van der Waals surface area contributed by atoms with E-state index in [0.717, 1.165) is 35.5 Å². The number of carbonyl (C=O) groups excluding carboxylic acids is 1. The number of rotatable bonds is 3. The van der Waals surface area contributed by atoms with E-state index in [1.165, 1.54) is 23.9 Å². The van der Waals surface area contributed by atoms with Gasteiger partial charge in [-0.25, -0.2) is 4.68 Å². The number of benzene rings is 1. The van der Waals surface area contributed by atoms with Crippen molar-refractivity contribution in [3.05, 3.63) is 51.2 Å². The van der Waals surface area contributed by atoms with E-state index >= 15 is 0 Å².